The summed E-state index contributed by atoms with van der Waals surface area (Å²) in [5.74, 6) is -0.235. The number of alkyl halides is 3. The number of hydrogen-bond acceptors (Lipinski definition) is 3. The van der Waals surface area contributed by atoms with Crippen molar-refractivity contribution in [2.24, 2.45) is 11.7 Å². The molecule has 0 amide bonds. The van der Waals surface area contributed by atoms with Crippen molar-refractivity contribution in [3.63, 3.8) is 0 Å². The zero-order valence-electron chi connectivity index (χ0n) is 10.7. The molecule has 0 spiro atoms. The fraction of sp³-hybridized carbons (Fsp3) is 0.538. The fourth-order valence-electron chi connectivity index (χ4n) is 2.57. The van der Waals surface area contributed by atoms with Crippen LogP contribution in [0.5, 0.6) is 0 Å². The van der Waals surface area contributed by atoms with Gasteiger partial charge in [-0.3, -0.25) is 0 Å². The first-order valence-electron chi connectivity index (χ1n) is 6.33. The monoisotopic (exact) mass is 307 g/mol. The van der Waals surface area contributed by atoms with Gasteiger partial charge in [-0.2, -0.15) is 13.2 Å². The van der Waals surface area contributed by atoms with Gasteiger partial charge in [0, 0.05) is 6.04 Å². The van der Waals surface area contributed by atoms with E-state index in [1.807, 2.05) is 0 Å². The predicted octanol–water partition coefficient (Wildman–Crippen LogP) is 2.53. The lowest BCUT2D eigenvalue weighted by Gasteiger charge is -2.29. The maximum Gasteiger partial charge on any atom is 0.416 e. The van der Waals surface area contributed by atoms with Crippen molar-refractivity contribution in [3.05, 3.63) is 35.4 Å². The van der Waals surface area contributed by atoms with Crippen LogP contribution in [-0.2, 0) is 16.0 Å². The standard InChI is InChI=1S/C13H16F3NO2S/c14-13(15,16)11-4-2-1-3-10(11)12(17)9-5-7-20(18,19)8-6-9/h1-4,9,12H,5-8,17H2. The number of sulfone groups is 1. The molecule has 1 aliphatic rings. The van der Waals surface area contributed by atoms with Crippen molar-refractivity contribution < 1.29 is 21.6 Å². The zero-order chi connectivity index (χ0) is 15.0. The average molecular weight is 307 g/mol. The van der Waals surface area contributed by atoms with Crippen molar-refractivity contribution in [1.29, 1.82) is 0 Å². The Labute approximate surface area is 115 Å². The third-order valence-electron chi connectivity index (χ3n) is 3.73. The summed E-state index contributed by atoms with van der Waals surface area (Å²) in [5.41, 5.74) is 5.27. The first kappa shape index (κ1) is 15.3. The molecule has 1 atom stereocenters. The normalized spacial score (nSPS) is 21.6. The summed E-state index contributed by atoms with van der Waals surface area (Å²) in [6.07, 6.45) is -3.82. The van der Waals surface area contributed by atoms with Gasteiger partial charge in [0.25, 0.3) is 0 Å². The minimum Gasteiger partial charge on any atom is -0.324 e. The minimum absolute atomic E-state index is 0.000445. The van der Waals surface area contributed by atoms with Crippen LogP contribution in [0.4, 0.5) is 13.2 Å². The van der Waals surface area contributed by atoms with Crippen LogP contribution in [-0.4, -0.2) is 19.9 Å². The van der Waals surface area contributed by atoms with E-state index in [1.165, 1.54) is 18.2 Å². The van der Waals surface area contributed by atoms with Crippen molar-refractivity contribution in [3.8, 4) is 0 Å². The summed E-state index contributed by atoms with van der Waals surface area (Å²) >= 11 is 0. The summed E-state index contributed by atoms with van der Waals surface area (Å²) in [6, 6.07) is 4.43. The van der Waals surface area contributed by atoms with Crippen LogP contribution >= 0.6 is 0 Å². The molecular weight excluding hydrogens is 291 g/mol. The number of halogens is 3. The number of rotatable bonds is 2. The maximum atomic E-state index is 12.9. The van der Waals surface area contributed by atoms with Crippen LogP contribution in [0.2, 0.25) is 0 Å². The van der Waals surface area contributed by atoms with Gasteiger partial charge in [0.1, 0.15) is 9.84 Å². The largest absolute Gasteiger partial charge is 0.416 e. The minimum atomic E-state index is -4.45. The summed E-state index contributed by atoms with van der Waals surface area (Å²) < 4.78 is 61.6. The van der Waals surface area contributed by atoms with Crippen molar-refractivity contribution in [2.75, 3.05) is 11.5 Å². The van der Waals surface area contributed by atoms with Crippen LogP contribution < -0.4 is 5.73 Å². The second-order valence-corrected chi connectivity index (χ2v) is 7.40. The Morgan fingerprint density at radius 2 is 1.70 bits per heavy atom. The summed E-state index contributed by atoms with van der Waals surface area (Å²) in [4.78, 5) is 0. The lowest BCUT2D eigenvalue weighted by Crippen LogP contribution is -2.32. The molecule has 20 heavy (non-hydrogen) atoms. The molecule has 0 aromatic heterocycles. The summed E-state index contributed by atoms with van der Waals surface area (Å²) in [6.45, 7) is 0. The van der Waals surface area contributed by atoms with Gasteiger partial charge in [0.05, 0.1) is 17.1 Å². The highest BCUT2D eigenvalue weighted by molar-refractivity contribution is 7.91. The van der Waals surface area contributed by atoms with Gasteiger partial charge < -0.3 is 5.73 Å². The number of nitrogens with two attached hydrogens (primary N) is 1. The molecule has 2 N–H and O–H groups in total. The second kappa shape index (κ2) is 5.37. The third-order valence-corrected chi connectivity index (χ3v) is 5.45. The van der Waals surface area contributed by atoms with Gasteiger partial charge in [-0.05, 0) is 30.4 Å². The van der Waals surface area contributed by atoms with E-state index < -0.39 is 27.6 Å². The molecule has 7 heteroatoms. The van der Waals surface area contributed by atoms with E-state index in [2.05, 4.69) is 0 Å². The molecule has 1 aromatic carbocycles. The highest BCUT2D eigenvalue weighted by Crippen LogP contribution is 2.38. The van der Waals surface area contributed by atoms with Gasteiger partial charge in [-0.15, -0.1) is 0 Å². The molecule has 3 nitrogen and oxygen atoms in total. The lowest BCUT2D eigenvalue weighted by atomic mass is 9.87. The molecule has 1 fully saturated rings. The smallest absolute Gasteiger partial charge is 0.324 e. The molecular formula is C13H16F3NO2S. The first-order chi connectivity index (χ1) is 9.21. The van der Waals surface area contributed by atoms with Gasteiger partial charge in [-0.1, -0.05) is 18.2 Å². The topological polar surface area (TPSA) is 60.2 Å². The molecule has 1 aliphatic heterocycles. The lowest BCUT2D eigenvalue weighted by molar-refractivity contribution is -0.138. The van der Waals surface area contributed by atoms with Crippen molar-refractivity contribution >= 4 is 9.84 Å². The van der Waals surface area contributed by atoms with E-state index in [0.717, 1.165) is 6.07 Å². The maximum absolute atomic E-state index is 12.9. The van der Waals surface area contributed by atoms with Crippen LogP contribution in [0.3, 0.4) is 0 Å². The van der Waals surface area contributed by atoms with E-state index in [1.54, 1.807) is 0 Å². The van der Waals surface area contributed by atoms with Gasteiger partial charge in [-0.25, -0.2) is 8.42 Å². The highest BCUT2D eigenvalue weighted by atomic mass is 32.2. The Hall–Kier alpha value is -1.08. The quantitative estimate of drug-likeness (QED) is 0.913. The Bertz CT molecular complexity index is 570. The molecule has 1 unspecified atom stereocenters. The molecule has 0 radical (unpaired) electrons. The summed E-state index contributed by atoms with van der Waals surface area (Å²) in [7, 11) is -3.05. The van der Waals surface area contributed by atoms with Gasteiger partial charge in [0.2, 0.25) is 0 Å². The van der Waals surface area contributed by atoms with E-state index in [0.29, 0.717) is 12.8 Å². The molecule has 2 rings (SSSR count). The van der Waals surface area contributed by atoms with Crippen molar-refractivity contribution in [1.82, 2.24) is 0 Å². The van der Waals surface area contributed by atoms with E-state index >= 15 is 0 Å². The zero-order valence-corrected chi connectivity index (χ0v) is 11.5. The van der Waals surface area contributed by atoms with Crippen LogP contribution in [0, 0.1) is 5.92 Å². The molecule has 112 valence electrons. The molecule has 1 aromatic rings. The van der Waals surface area contributed by atoms with Crippen LogP contribution in [0.15, 0.2) is 24.3 Å². The summed E-state index contributed by atoms with van der Waals surface area (Å²) in [5, 5.41) is 0. The number of hydrogen-bond donors (Lipinski definition) is 1. The average Bonchev–Trinajstić information content (AvgIpc) is 2.37. The SMILES string of the molecule is NC(c1ccccc1C(F)(F)F)C1CCS(=O)(=O)CC1. The second-order valence-electron chi connectivity index (χ2n) is 5.10. The van der Waals surface area contributed by atoms with Crippen molar-refractivity contribution in [2.45, 2.75) is 25.1 Å². The van der Waals surface area contributed by atoms with Gasteiger partial charge >= 0.3 is 6.18 Å². The van der Waals surface area contributed by atoms with E-state index in [9.17, 15) is 21.6 Å². The van der Waals surface area contributed by atoms with Crippen LogP contribution in [0.1, 0.15) is 30.0 Å². The molecule has 0 bridgehead atoms. The molecule has 0 saturated carbocycles. The molecule has 0 aliphatic carbocycles. The van der Waals surface area contributed by atoms with E-state index in [4.69, 9.17) is 5.73 Å². The Morgan fingerprint density at radius 1 is 1.15 bits per heavy atom. The fourth-order valence-corrected chi connectivity index (χ4v) is 4.10. The Kier molecular flexibility index (Phi) is 4.11. The predicted molar refractivity (Wildman–Crippen MR) is 69.8 cm³/mol. The highest BCUT2D eigenvalue weighted by Gasteiger charge is 2.37. The molecule has 1 heterocycles. The Morgan fingerprint density at radius 3 is 2.25 bits per heavy atom. The van der Waals surface area contributed by atoms with E-state index in [-0.39, 0.29) is 23.0 Å². The van der Waals surface area contributed by atoms with Crippen LogP contribution in [0.25, 0.3) is 0 Å². The molecule has 1 saturated heterocycles. The Balaban J connectivity index is 2.24. The van der Waals surface area contributed by atoms with Gasteiger partial charge in [0.15, 0.2) is 0 Å². The number of benzene rings is 1. The first-order valence-corrected chi connectivity index (χ1v) is 8.15. The third kappa shape index (κ3) is 3.32.